The molecule has 0 saturated heterocycles. The monoisotopic (exact) mass is 285 g/mol. The van der Waals surface area contributed by atoms with Crippen LogP contribution in [-0.4, -0.2) is 13.7 Å². The van der Waals surface area contributed by atoms with Gasteiger partial charge in [0.05, 0.1) is 13.7 Å². The molecule has 0 aliphatic rings. The molecule has 112 valence electrons. The summed E-state index contributed by atoms with van der Waals surface area (Å²) in [4.78, 5) is 0. The van der Waals surface area contributed by atoms with E-state index in [0.717, 1.165) is 29.3 Å². The van der Waals surface area contributed by atoms with Crippen molar-refractivity contribution in [2.75, 3.05) is 19.0 Å². The molecule has 0 aliphatic heterocycles. The van der Waals surface area contributed by atoms with Gasteiger partial charge in [0.2, 0.25) is 0 Å². The predicted octanol–water partition coefficient (Wildman–Crippen LogP) is 4.32. The molecular weight excluding hydrogens is 262 g/mol. The van der Waals surface area contributed by atoms with Crippen molar-refractivity contribution < 1.29 is 9.47 Å². The summed E-state index contributed by atoms with van der Waals surface area (Å²) in [6, 6.07) is 12.4. The van der Waals surface area contributed by atoms with Crippen molar-refractivity contribution in [2.24, 2.45) is 0 Å². The maximum Gasteiger partial charge on any atom is 0.121 e. The Kier molecular flexibility index (Phi) is 5.09. The maximum absolute atomic E-state index is 5.50. The molecule has 2 rings (SSSR count). The van der Waals surface area contributed by atoms with Crippen LogP contribution in [0.15, 0.2) is 36.4 Å². The molecule has 0 spiro atoms. The number of ether oxygens (including phenoxy) is 2. The molecule has 0 amide bonds. The van der Waals surface area contributed by atoms with Crippen molar-refractivity contribution >= 4 is 5.69 Å². The molecule has 2 aromatic rings. The van der Waals surface area contributed by atoms with Gasteiger partial charge in [0, 0.05) is 12.2 Å². The lowest BCUT2D eigenvalue weighted by Crippen LogP contribution is -2.02. The Bertz CT molecular complexity index is 608. The summed E-state index contributed by atoms with van der Waals surface area (Å²) in [7, 11) is 1.70. The van der Waals surface area contributed by atoms with Crippen LogP contribution < -0.4 is 14.8 Å². The van der Waals surface area contributed by atoms with Gasteiger partial charge in [0.25, 0.3) is 0 Å². The number of aryl methyl sites for hydroxylation is 2. The summed E-state index contributed by atoms with van der Waals surface area (Å²) < 4.78 is 10.8. The second kappa shape index (κ2) is 7.02. The summed E-state index contributed by atoms with van der Waals surface area (Å²) >= 11 is 0. The van der Waals surface area contributed by atoms with Gasteiger partial charge in [-0.1, -0.05) is 12.1 Å². The van der Waals surface area contributed by atoms with Crippen molar-refractivity contribution in [1.29, 1.82) is 0 Å². The van der Waals surface area contributed by atoms with E-state index < -0.39 is 0 Å². The fourth-order valence-corrected chi connectivity index (χ4v) is 2.34. The van der Waals surface area contributed by atoms with Gasteiger partial charge in [-0.3, -0.25) is 0 Å². The first-order valence-electron chi connectivity index (χ1n) is 7.25. The lowest BCUT2D eigenvalue weighted by atomic mass is 10.1. The van der Waals surface area contributed by atoms with Gasteiger partial charge in [-0.25, -0.2) is 0 Å². The minimum absolute atomic E-state index is 0.692. The molecular formula is C18H23NO2. The van der Waals surface area contributed by atoms with E-state index in [0.29, 0.717) is 6.61 Å². The molecule has 0 fully saturated rings. The lowest BCUT2D eigenvalue weighted by molar-refractivity contribution is 0.340. The van der Waals surface area contributed by atoms with E-state index in [1.165, 1.54) is 11.1 Å². The second-order valence-corrected chi connectivity index (χ2v) is 5.07. The Labute approximate surface area is 126 Å². The van der Waals surface area contributed by atoms with E-state index in [1.54, 1.807) is 7.11 Å². The molecule has 0 bridgehead atoms. The largest absolute Gasteiger partial charge is 0.496 e. The molecule has 0 saturated carbocycles. The van der Waals surface area contributed by atoms with Crippen LogP contribution in [0.2, 0.25) is 0 Å². The fourth-order valence-electron chi connectivity index (χ4n) is 2.34. The summed E-state index contributed by atoms with van der Waals surface area (Å²) in [6.07, 6.45) is 0. The average Bonchev–Trinajstić information content (AvgIpc) is 2.47. The minimum Gasteiger partial charge on any atom is -0.496 e. The van der Waals surface area contributed by atoms with E-state index in [9.17, 15) is 0 Å². The molecule has 21 heavy (non-hydrogen) atoms. The van der Waals surface area contributed by atoms with E-state index in [4.69, 9.17) is 9.47 Å². The Balaban J connectivity index is 2.04. The molecule has 0 atom stereocenters. The van der Waals surface area contributed by atoms with Crippen molar-refractivity contribution in [1.82, 2.24) is 0 Å². The van der Waals surface area contributed by atoms with Crippen LogP contribution in [0.25, 0.3) is 0 Å². The molecule has 2 aromatic carbocycles. The normalized spacial score (nSPS) is 10.3. The predicted molar refractivity (Wildman–Crippen MR) is 87.4 cm³/mol. The summed E-state index contributed by atoms with van der Waals surface area (Å²) in [5.41, 5.74) is 4.71. The minimum atomic E-state index is 0.692. The first-order valence-corrected chi connectivity index (χ1v) is 7.25. The number of methoxy groups -OCH3 is 1. The SMILES string of the molecule is CCOc1ccc(NCc2ccc(OC)c(C)c2)c(C)c1. The van der Waals surface area contributed by atoms with E-state index in [-0.39, 0.29) is 0 Å². The van der Waals surface area contributed by atoms with Gasteiger partial charge in [-0.2, -0.15) is 0 Å². The van der Waals surface area contributed by atoms with Gasteiger partial charge >= 0.3 is 0 Å². The first kappa shape index (κ1) is 15.2. The van der Waals surface area contributed by atoms with Crippen LogP contribution >= 0.6 is 0 Å². The Hall–Kier alpha value is -2.16. The average molecular weight is 285 g/mol. The molecule has 0 heterocycles. The number of anilines is 1. The highest BCUT2D eigenvalue weighted by Gasteiger charge is 2.03. The van der Waals surface area contributed by atoms with E-state index in [1.807, 2.05) is 19.1 Å². The molecule has 0 unspecified atom stereocenters. The first-order chi connectivity index (χ1) is 10.1. The van der Waals surface area contributed by atoms with Crippen molar-refractivity contribution in [3.8, 4) is 11.5 Å². The lowest BCUT2D eigenvalue weighted by Gasteiger charge is -2.13. The summed E-state index contributed by atoms with van der Waals surface area (Å²) in [6.45, 7) is 7.62. The molecule has 1 N–H and O–H groups in total. The third-order valence-corrected chi connectivity index (χ3v) is 3.45. The van der Waals surface area contributed by atoms with Gasteiger partial charge in [0.15, 0.2) is 0 Å². The number of hydrogen-bond donors (Lipinski definition) is 1. The van der Waals surface area contributed by atoms with E-state index in [2.05, 4.69) is 43.4 Å². The van der Waals surface area contributed by atoms with Crippen LogP contribution in [0.3, 0.4) is 0 Å². The summed E-state index contributed by atoms with van der Waals surface area (Å²) in [5.74, 6) is 1.84. The van der Waals surface area contributed by atoms with Crippen LogP contribution in [0.4, 0.5) is 5.69 Å². The van der Waals surface area contributed by atoms with E-state index >= 15 is 0 Å². The molecule has 0 radical (unpaired) electrons. The Morgan fingerprint density at radius 3 is 2.43 bits per heavy atom. The zero-order chi connectivity index (χ0) is 15.2. The van der Waals surface area contributed by atoms with Gasteiger partial charge < -0.3 is 14.8 Å². The van der Waals surface area contributed by atoms with Crippen LogP contribution in [0.1, 0.15) is 23.6 Å². The van der Waals surface area contributed by atoms with Crippen LogP contribution in [-0.2, 0) is 6.54 Å². The Morgan fingerprint density at radius 2 is 1.81 bits per heavy atom. The fraction of sp³-hybridized carbons (Fsp3) is 0.333. The maximum atomic E-state index is 5.50. The number of benzene rings is 2. The number of hydrogen-bond acceptors (Lipinski definition) is 3. The smallest absolute Gasteiger partial charge is 0.121 e. The van der Waals surface area contributed by atoms with Gasteiger partial charge in [-0.05, 0) is 61.7 Å². The number of nitrogens with one attached hydrogen (secondary N) is 1. The van der Waals surface area contributed by atoms with Crippen LogP contribution in [0.5, 0.6) is 11.5 Å². The molecule has 3 heteroatoms. The molecule has 0 aliphatic carbocycles. The topological polar surface area (TPSA) is 30.5 Å². The van der Waals surface area contributed by atoms with Gasteiger partial charge in [-0.15, -0.1) is 0 Å². The van der Waals surface area contributed by atoms with Crippen molar-refractivity contribution in [3.05, 3.63) is 53.1 Å². The number of rotatable bonds is 6. The third-order valence-electron chi connectivity index (χ3n) is 3.45. The highest BCUT2D eigenvalue weighted by molar-refractivity contribution is 5.54. The van der Waals surface area contributed by atoms with Crippen LogP contribution in [0, 0.1) is 13.8 Å². The third kappa shape index (κ3) is 3.91. The highest BCUT2D eigenvalue weighted by atomic mass is 16.5. The van der Waals surface area contributed by atoms with Crippen molar-refractivity contribution in [3.63, 3.8) is 0 Å². The van der Waals surface area contributed by atoms with Crippen molar-refractivity contribution in [2.45, 2.75) is 27.3 Å². The second-order valence-electron chi connectivity index (χ2n) is 5.07. The molecule has 3 nitrogen and oxygen atoms in total. The summed E-state index contributed by atoms with van der Waals surface area (Å²) in [5, 5.41) is 3.47. The van der Waals surface area contributed by atoms with Gasteiger partial charge in [0.1, 0.15) is 11.5 Å². The zero-order valence-corrected chi connectivity index (χ0v) is 13.2. The Morgan fingerprint density at radius 1 is 1.00 bits per heavy atom. The highest BCUT2D eigenvalue weighted by Crippen LogP contribution is 2.23. The standard InChI is InChI=1S/C18H23NO2/c1-5-21-16-7-8-17(13(2)11-16)19-12-15-6-9-18(20-4)14(3)10-15/h6-11,19H,5,12H2,1-4H3. The zero-order valence-electron chi connectivity index (χ0n) is 13.2. The molecule has 0 aromatic heterocycles. The quantitative estimate of drug-likeness (QED) is 0.857.